The first-order chi connectivity index (χ1) is 6.33. The average molecular weight is 188 g/mol. The molecule has 78 valence electrons. The van der Waals surface area contributed by atoms with E-state index in [1.807, 2.05) is 0 Å². The van der Waals surface area contributed by atoms with E-state index < -0.39 is 0 Å². The summed E-state index contributed by atoms with van der Waals surface area (Å²) >= 11 is 0. The molecule has 1 aliphatic rings. The number of methoxy groups -OCH3 is 1. The molecule has 1 rings (SSSR count). The molecule has 0 saturated carbocycles. The van der Waals surface area contributed by atoms with Gasteiger partial charge in [0.15, 0.2) is 0 Å². The smallest absolute Gasteiger partial charge is 0.0544 e. The van der Waals surface area contributed by atoms with Gasteiger partial charge in [0.1, 0.15) is 0 Å². The number of ether oxygens (including phenoxy) is 2. The largest absolute Gasteiger partial charge is 0.396 e. The summed E-state index contributed by atoms with van der Waals surface area (Å²) in [5, 5.41) is 9.32. The van der Waals surface area contributed by atoms with Crippen molar-refractivity contribution < 1.29 is 14.6 Å². The predicted octanol–water partition coefficient (Wildman–Crippen LogP) is 1.20. The van der Waals surface area contributed by atoms with Gasteiger partial charge < -0.3 is 14.6 Å². The quantitative estimate of drug-likeness (QED) is 0.659. The Labute approximate surface area is 80.0 Å². The molecule has 1 aliphatic heterocycles. The fourth-order valence-electron chi connectivity index (χ4n) is 1.90. The third-order valence-electron chi connectivity index (χ3n) is 2.80. The van der Waals surface area contributed by atoms with E-state index >= 15 is 0 Å². The number of aliphatic hydroxyl groups excluding tert-OH is 1. The highest BCUT2D eigenvalue weighted by atomic mass is 16.5. The lowest BCUT2D eigenvalue weighted by Gasteiger charge is -2.35. The van der Waals surface area contributed by atoms with Crippen molar-refractivity contribution in [3.8, 4) is 0 Å². The fraction of sp³-hybridized carbons (Fsp3) is 1.00. The molecule has 0 aromatic heterocycles. The van der Waals surface area contributed by atoms with Crippen molar-refractivity contribution in [3.05, 3.63) is 0 Å². The molecule has 0 amide bonds. The molecule has 0 aromatic rings. The van der Waals surface area contributed by atoms with Crippen LogP contribution in [0.15, 0.2) is 0 Å². The summed E-state index contributed by atoms with van der Waals surface area (Å²) in [6.45, 7) is 2.59. The van der Waals surface area contributed by atoms with Gasteiger partial charge in [-0.2, -0.15) is 0 Å². The highest BCUT2D eigenvalue weighted by molar-refractivity contribution is 4.80. The molecule has 0 aliphatic carbocycles. The van der Waals surface area contributed by atoms with Gasteiger partial charge in [-0.25, -0.2) is 0 Å². The van der Waals surface area contributed by atoms with Gasteiger partial charge in [-0.1, -0.05) is 0 Å². The summed E-state index contributed by atoms with van der Waals surface area (Å²) in [5.41, 5.74) is 0.0246. The molecule has 1 unspecified atom stereocenters. The Hall–Kier alpha value is -0.120. The zero-order chi connectivity index (χ0) is 9.57. The highest BCUT2D eigenvalue weighted by Crippen LogP contribution is 2.32. The van der Waals surface area contributed by atoms with Gasteiger partial charge in [0.05, 0.1) is 13.2 Å². The van der Waals surface area contributed by atoms with Crippen molar-refractivity contribution in [2.75, 3.05) is 33.5 Å². The Balaban J connectivity index is 2.29. The van der Waals surface area contributed by atoms with Gasteiger partial charge >= 0.3 is 0 Å². The van der Waals surface area contributed by atoms with Crippen LogP contribution in [0.25, 0.3) is 0 Å². The molecule has 0 spiro atoms. The minimum atomic E-state index is 0.0246. The number of hydrogen-bond donors (Lipinski definition) is 1. The molecular weight excluding hydrogens is 168 g/mol. The maximum absolute atomic E-state index is 9.32. The second kappa shape index (κ2) is 5.58. The van der Waals surface area contributed by atoms with E-state index in [1.165, 1.54) is 0 Å². The van der Waals surface area contributed by atoms with E-state index in [0.717, 1.165) is 38.9 Å². The molecule has 1 saturated heterocycles. The Bertz CT molecular complexity index is 130. The van der Waals surface area contributed by atoms with Crippen LogP contribution in [0.3, 0.4) is 0 Å². The van der Waals surface area contributed by atoms with Gasteiger partial charge in [-0.05, 0) is 25.7 Å². The summed E-state index contributed by atoms with van der Waals surface area (Å²) in [5.74, 6) is 0. The fourth-order valence-corrected chi connectivity index (χ4v) is 1.90. The van der Waals surface area contributed by atoms with E-state index in [2.05, 4.69) is 0 Å². The first-order valence-corrected chi connectivity index (χ1v) is 5.00. The maximum Gasteiger partial charge on any atom is 0.0544 e. The predicted molar refractivity (Wildman–Crippen MR) is 50.7 cm³/mol. The molecule has 3 nitrogen and oxygen atoms in total. The monoisotopic (exact) mass is 188 g/mol. The summed E-state index contributed by atoms with van der Waals surface area (Å²) in [6.07, 6.45) is 4.19. The van der Waals surface area contributed by atoms with Gasteiger partial charge in [0.25, 0.3) is 0 Å². The van der Waals surface area contributed by atoms with Crippen LogP contribution in [0.5, 0.6) is 0 Å². The lowest BCUT2D eigenvalue weighted by atomic mass is 9.79. The van der Waals surface area contributed by atoms with E-state index in [0.29, 0.717) is 6.61 Å². The summed E-state index contributed by atoms with van der Waals surface area (Å²) < 4.78 is 10.4. The van der Waals surface area contributed by atoms with E-state index in [1.54, 1.807) is 7.11 Å². The van der Waals surface area contributed by atoms with Crippen LogP contribution in [-0.2, 0) is 9.47 Å². The van der Waals surface area contributed by atoms with Crippen LogP contribution >= 0.6 is 0 Å². The van der Waals surface area contributed by atoms with Crippen molar-refractivity contribution in [3.63, 3.8) is 0 Å². The Morgan fingerprint density at radius 1 is 1.54 bits per heavy atom. The van der Waals surface area contributed by atoms with Crippen molar-refractivity contribution in [1.82, 2.24) is 0 Å². The van der Waals surface area contributed by atoms with Gasteiger partial charge in [0, 0.05) is 25.7 Å². The number of hydrogen-bond acceptors (Lipinski definition) is 3. The van der Waals surface area contributed by atoms with Gasteiger partial charge in [-0.15, -0.1) is 0 Å². The second-order valence-corrected chi connectivity index (χ2v) is 3.91. The number of aliphatic hydroxyl groups is 1. The second-order valence-electron chi connectivity index (χ2n) is 3.91. The molecule has 1 atom stereocenters. The molecule has 0 bridgehead atoms. The van der Waals surface area contributed by atoms with Crippen LogP contribution in [0.4, 0.5) is 0 Å². The summed E-state index contributed by atoms with van der Waals surface area (Å²) in [7, 11) is 1.71. The first kappa shape index (κ1) is 11.0. The number of rotatable bonds is 5. The zero-order valence-electron chi connectivity index (χ0n) is 8.42. The lowest BCUT2D eigenvalue weighted by molar-refractivity contribution is -0.0460. The minimum Gasteiger partial charge on any atom is -0.396 e. The van der Waals surface area contributed by atoms with Crippen molar-refractivity contribution in [2.24, 2.45) is 5.41 Å². The first-order valence-electron chi connectivity index (χ1n) is 5.00. The Morgan fingerprint density at radius 3 is 2.92 bits per heavy atom. The van der Waals surface area contributed by atoms with Crippen molar-refractivity contribution >= 4 is 0 Å². The molecular formula is C10H20O3. The van der Waals surface area contributed by atoms with Crippen LogP contribution in [0.2, 0.25) is 0 Å². The third-order valence-corrected chi connectivity index (χ3v) is 2.80. The highest BCUT2D eigenvalue weighted by Gasteiger charge is 2.31. The normalized spacial score (nSPS) is 29.1. The van der Waals surface area contributed by atoms with Crippen molar-refractivity contribution in [1.29, 1.82) is 0 Å². The standard InChI is InChI=1S/C10H20O3/c1-12-6-2-4-10(8-11)5-3-7-13-9-10/h11H,2-9H2,1H3. The average Bonchev–Trinajstić information content (AvgIpc) is 2.20. The summed E-state index contributed by atoms with van der Waals surface area (Å²) in [6, 6.07) is 0. The Morgan fingerprint density at radius 2 is 2.38 bits per heavy atom. The molecule has 1 N–H and O–H groups in total. The third kappa shape index (κ3) is 3.25. The lowest BCUT2D eigenvalue weighted by Crippen LogP contribution is -2.35. The topological polar surface area (TPSA) is 38.7 Å². The van der Waals surface area contributed by atoms with Crippen LogP contribution in [0.1, 0.15) is 25.7 Å². The Kier molecular flexibility index (Phi) is 4.70. The molecule has 3 heteroatoms. The van der Waals surface area contributed by atoms with Crippen LogP contribution in [0, 0.1) is 5.41 Å². The molecule has 13 heavy (non-hydrogen) atoms. The van der Waals surface area contributed by atoms with Crippen LogP contribution < -0.4 is 0 Å². The summed E-state index contributed by atoms with van der Waals surface area (Å²) in [4.78, 5) is 0. The molecule has 1 fully saturated rings. The van der Waals surface area contributed by atoms with E-state index in [9.17, 15) is 5.11 Å². The van der Waals surface area contributed by atoms with E-state index in [4.69, 9.17) is 9.47 Å². The SMILES string of the molecule is COCCCC1(CO)CCCOC1. The molecule has 1 heterocycles. The van der Waals surface area contributed by atoms with Crippen LogP contribution in [-0.4, -0.2) is 38.6 Å². The molecule has 0 aromatic carbocycles. The molecule has 0 radical (unpaired) electrons. The van der Waals surface area contributed by atoms with E-state index in [-0.39, 0.29) is 12.0 Å². The van der Waals surface area contributed by atoms with Crippen molar-refractivity contribution in [2.45, 2.75) is 25.7 Å². The minimum absolute atomic E-state index is 0.0246. The maximum atomic E-state index is 9.32. The van der Waals surface area contributed by atoms with Gasteiger partial charge in [0.2, 0.25) is 0 Å². The zero-order valence-corrected chi connectivity index (χ0v) is 8.42. The van der Waals surface area contributed by atoms with Gasteiger partial charge in [-0.3, -0.25) is 0 Å².